The van der Waals surface area contributed by atoms with Gasteiger partial charge in [-0.2, -0.15) is 10.2 Å². The first-order valence-electron chi connectivity index (χ1n) is 12.5. The minimum atomic E-state index is -1.31. The lowest BCUT2D eigenvalue weighted by Crippen LogP contribution is -2.58. The van der Waals surface area contributed by atoms with E-state index < -0.39 is 47.0 Å². The number of hydrazone groups is 1. The molecule has 2 heterocycles. The van der Waals surface area contributed by atoms with Crippen molar-refractivity contribution in [1.29, 1.82) is 0 Å². The first-order chi connectivity index (χ1) is 20.4. The Kier molecular flexibility index (Phi) is 9.34. The minimum Gasteiger partial charge on any atom is -0.401 e. The van der Waals surface area contributed by atoms with Crippen LogP contribution in [0.3, 0.4) is 0 Å². The number of carbonyl (C=O) groups is 3. The molecular formula is C27H25Cl2N7O7. The van der Waals surface area contributed by atoms with Gasteiger partial charge in [0.15, 0.2) is 6.17 Å². The standard InChI is InChI=1S/C27H25Cl2N7O7/c1-27(2)24(35(40)25(38)31-19-9-5-17(28)6-10-19)34(20-11-7-18(29)8-12-20)26(39)33(27)16-22(37)32-30-15-3-4-21-13-14-23(43-21)36(41)42/h3-15,24,40H,16H2,1-2H3,(H,31,38)(H,32,37)/b4-3+,30-15-/t24-/m1/s1. The Bertz CT molecular complexity index is 1570. The third-order valence-electron chi connectivity index (χ3n) is 6.35. The lowest BCUT2D eigenvalue weighted by molar-refractivity contribution is -0.402. The van der Waals surface area contributed by atoms with E-state index in [4.69, 9.17) is 27.6 Å². The summed E-state index contributed by atoms with van der Waals surface area (Å²) >= 11 is 11.9. The Labute approximate surface area is 254 Å². The fraction of sp³-hybridized carbons (Fsp3) is 0.185. The first kappa shape index (κ1) is 31.0. The Hall–Kier alpha value is -4.92. The van der Waals surface area contributed by atoms with E-state index >= 15 is 0 Å². The van der Waals surface area contributed by atoms with E-state index in [1.807, 2.05) is 0 Å². The summed E-state index contributed by atoms with van der Waals surface area (Å²) in [6.07, 6.45) is 2.71. The summed E-state index contributed by atoms with van der Waals surface area (Å²) in [5, 5.41) is 29.4. The van der Waals surface area contributed by atoms with E-state index in [0.717, 1.165) is 0 Å². The lowest BCUT2D eigenvalue weighted by atomic mass is 9.99. The van der Waals surface area contributed by atoms with Crippen LogP contribution in [-0.4, -0.2) is 62.5 Å². The van der Waals surface area contributed by atoms with Crippen LogP contribution in [0.15, 0.2) is 76.3 Å². The summed E-state index contributed by atoms with van der Waals surface area (Å²) < 4.78 is 4.98. The summed E-state index contributed by atoms with van der Waals surface area (Å²) in [7, 11) is 0. The molecule has 43 heavy (non-hydrogen) atoms. The van der Waals surface area contributed by atoms with Crippen LogP contribution in [0.1, 0.15) is 19.6 Å². The predicted octanol–water partition coefficient (Wildman–Crippen LogP) is 5.58. The highest BCUT2D eigenvalue weighted by atomic mass is 35.5. The minimum absolute atomic E-state index is 0.205. The van der Waals surface area contributed by atoms with Gasteiger partial charge in [-0.05, 0) is 80.6 Å². The van der Waals surface area contributed by atoms with E-state index in [2.05, 4.69) is 15.8 Å². The Morgan fingerprint density at radius 1 is 1.12 bits per heavy atom. The van der Waals surface area contributed by atoms with Gasteiger partial charge in [-0.3, -0.25) is 25.0 Å². The highest BCUT2D eigenvalue weighted by molar-refractivity contribution is 6.31. The molecule has 3 N–H and O–H groups in total. The number of benzene rings is 2. The van der Waals surface area contributed by atoms with Crippen LogP contribution in [0.4, 0.5) is 26.8 Å². The SMILES string of the molecule is CC1(C)[C@@H](N(O)C(=O)Nc2ccc(Cl)cc2)N(c2ccc(Cl)cc2)C(=O)N1CC(=O)N/N=C\C=C\c1ccc([N+](=O)[O-])o1. The molecule has 1 aliphatic heterocycles. The van der Waals surface area contributed by atoms with Crippen LogP contribution in [0.5, 0.6) is 0 Å². The van der Waals surface area contributed by atoms with Crippen LogP contribution >= 0.6 is 23.2 Å². The van der Waals surface area contributed by atoms with E-state index in [0.29, 0.717) is 26.5 Å². The molecule has 3 aromatic rings. The smallest absolute Gasteiger partial charge is 0.401 e. The Morgan fingerprint density at radius 2 is 1.74 bits per heavy atom. The molecule has 1 fully saturated rings. The van der Waals surface area contributed by atoms with Crippen LogP contribution in [0, 0.1) is 10.1 Å². The summed E-state index contributed by atoms with van der Waals surface area (Å²) in [6.45, 7) is 2.70. The molecular weight excluding hydrogens is 605 g/mol. The molecule has 0 bridgehead atoms. The first-order valence-corrected chi connectivity index (χ1v) is 13.3. The van der Waals surface area contributed by atoms with Crippen molar-refractivity contribution in [3.8, 4) is 0 Å². The predicted molar refractivity (Wildman–Crippen MR) is 159 cm³/mol. The van der Waals surface area contributed by atoms with Crippen molar-refractivity contribution >= 4 is 70.7 Å². The quantitative estimate of drug-likeness (QED) is 0.120. The number of carbonyl (C=O) groups excluding carboxylic acids is 3. The number of anilines is 2. The average molecular weight is 630 g/mol. The van der Waals surface area contributed by atoms with Crippen molar-refractivity contribution < 1.29 is 28.9 Å². The Balaban J connectivity index is 1.50. The molecule has 0 radical (unpaired) electrons. The zero-order valence-corrected chi connectivity index (χ0v) is 24.2. The van der Waals surface area contributed by atoms with Gasteiger partial charge in [0.2, 0.25) is 0 Å². The normalized spacial score (nSPS) is 16.2. The summed E-state index contributed by atoms with van der Waals surface area (Å²) in [5.74, 6) is -0.889. The van der Waals surface area contributed by atoms with Crippen molar-refractivity contribution in [2.75, 3.05) is 16.8 Å². The monoisotopic (exact) mass is 629 g/mol. The van der Waals surface area contributed by atoms with Gasteiger partial charge in [0.25, 0.3) is 5.91 Å². The third kappa shape index (κ3) is 7.12. The molecule has 0 spiro atoms. The summed E-state index contributed by atoms with van der Waals surface area (Å²) in [4.78, 5) is 52.0. The van der Waals surface area contributed by atoms with Crippen LogP contribution in [0.25, 0.3) is 6.08 Å². The average Bonchev–Trinajstić information content (AvgIpc) is 3.51. The number of nitrogens with zero attached hydrogens (tertiary/aromatic N) is 5. The van der Waals surface area contributed by atoms with Gasteiger partial charge in [0.05, 0.1) is 11.6 Å². The highest BCUT2D eigenvalue weighted by Gasteiger charge is 2.56. The van der Waals surface area contributed by atoms with Crippen LogP contribution < -0.4 is 15.6 Å². The maximum atomic E-state index is 13.7. The number of amides is 5. The van der Waals surface area contributed by atoms with E-state index in [1.165, 1.54) is 40.3 Å². The number of nitro groups is 1. The van der Waals surface area contributed by atoms with Crippen molar-refractivity contribution in [3.05, 3.63) is 92.7 Å². The van der Waals surface area contributed by atoms with E-state index in [9.17, 15) is 29.7 Å². The molecule has 16 heteroatoms. The molecule has 1 aromatic heterocycles. The molecule has 0 aliphatic carbocycles. The number of furan rings is 1. The molecule has 14 nitrogen and oxygen atoms in total. The molecule has 1 atom stereocenters. The fourth-order valence-electron chi connectivity index (χ4n) is 4.29. The number of halogens is 2. The van der Waals surface area contributed by atoms with Crippen molar-refractivity contribution in [1.82, 2.24) is 15.4 Å². The third-order valence-corrected chi connectivity index (χ3v) is 6.86. The van der Waals surface area contributed by atoms with Crippen LogP contribution in [0.2, 0.25) is 10.0 Å². The number of nitrogens with one attached hydrogen (secondary N) is 2. The van der Waals surface area contributed by atoms with Gasteiger partial charge < -0.3 is 14.6 Å². The summed E-state index contributed by atoms with van der Waals surface area (Å²) in [6, 6.07) is 13.4. The number of hydrogen-bond acceptors (Lipinski definition) is 8. The number of hydroxylamine groups is 2. The molecule has 1 aliphatic rings. The highest BCUT2D eigenvalue weighted by Crippen LogP contribution is 2.38. The van der Waals surface area contributed by atoms with E-state index in [-0.39, 0.29) is 5.76 Å². The van der Waals surface area contributed by atoms with Gasteiger partial charge in [-0.1, -0.05) is 23.2 Å². The number of rotatable bonds is 9. The Morgan fingerprint density at radius 3 is 2.35 bits per heavy atom. The second-order valence-corrected chi connectivity index (χ2v) is 10.5. The number of allylic oxidation sites excluding steroid dienone is 1. The molecule has 2 aromatic carbocycles. The van der Waals surface area contributed by atoms with Gasteiger partial charge in [0.1, 0.15) is 17.2 Å². The molecule has 0 unspecified atom stereocenters. The maximum absolute atomic E-state index is 13.7. The van der Waals surface area contributed by atoms with Crippen molar-refractivity contribution in [3.63, 3.8) is 0 Å². The summed E-state index contributed by atoms with van der Waals surface area (Å²) in [5.41, 5.74) is 1.64. The second-order valence-electron chi connectivity index (χ2n) is 9.63. The van der Waals surface area contributed by atoms with E-state index in [1.54, 1.807) is 62.4 Å². The molecule has 4 rings (SSSR count). The molecule has 1 saturated heterocycles. The van der Waals surface area contributed by atoms with Crippen molar-refractivity contribution in [2.24, 2.45) is 5.10 Å². The van der Waals surface area contributed by atoms with Gasteiger partial charge >= 0.3 is 17.9 Å². The maximum Gasteiger partial charge on any atom is 0.433 e. The van der Waals surface area contributed by atoms with Gasteiger partial charge in [-0.25, -0.2) is 15.0 Å². The molecule has 224 valence electrons. The molecule has 5 amide bonds. The zero-order valence-electron chi connectivity index (χ0n) is 22.7. The van der Waals surface area contributed by atoms with Gasteiger partial charge in [0, 0.05) is 27.6 Å². The molecule has 0 saturated carbocycles. The zero-order chi connectivity index (χ0) is 31.3. The van der Waals surface area contributed by atoms with Crippen LogP contribution in [-0.2, 0) is 4.79 Å². The largest absolute Gasteiger partial charge is 0.433 e. The fourth-order valence-corrected chi connectivity index (χ4v) is 4.55. The lowest BCUT2D eigenvalue weighted by Gasteiger charge is -2.38. The number of urea groups is 2. The number of hydrogen-bond donors (Lipinski definition) is 3. The van der Waals surface area contributed by atoms with Crippen molar-refractivity contribution in [2.45, 2.75) is 25.6 Å². The second kappa shape index (κ2) is 12.9. The topological polar surface area (TPSA) is 174 Å². The van der Waals surface area contributed by atoms with Gasteiger partial charge in [-0.15, -0.1) is 0 Å².